The number of pyridine rings is 1. The summed E-state index contributed by atoms with van der Waals surface area (Å²) in [6, 6.07) is 15.4. The molecule has 142 valence electrons. The third kappa shape index (κ3) is 2.80. The van der Waals surface area contributed by atoms with Crippen molar-refractivity contribution in [2.24, 2.45) is 5.92 Å². The van der Waals surface area contributed by atoms with Crippen molar-refractivity contribution in [3.8, 4) is 11.4 Å². The Kier molecular flexibility index (Phi) is 3.99. The van der Waals surface area contributed by atoms with Gasteiger partial charge in [-0.05, 0) is 30.5 Å². The van der Waals surface area contributed by atoms with Crippen LogP contribution in [0, 0.1) is 5.92 Å². The van der Waals surface area contributed by atoms with E-state index in [1.54, 1.807) is 10.7 Å². The molecule has 4 aromatic rings. The molecule has 0 unspecified atom stereocenters. The molecule has 0 saturated heterocycles. The monoisotopic (exact) mass is 375 g/mol. The van der Waals surface area contributed by atoms with Gasteiger partial charge in [0.2, 0.25) is 0 Å². The van der Waals surface area contributed by atoms with Crippen LogP contribution in [0.15, 0.2) is 54.7 Å². The van der Waals surface area contributed by atoms with E-state index in [0.29, 0.717) is 12.1 Å². The van der Waals surface area contributed by atoms with Gasteiger partial charge in [-0.1, -0.05) is 31.2 Å². The van der Waals surface area contributed by atoms with Crippen molar-refractivity contribution in [3.05, 3.63) is 54.7 Å². The summed E-state index contributed by atoms with van der Waals surface area (Å²) < 4.78 is 1.72. The molecular weight excluding hydrogens is 354 g/mol. The lowest BCUT2D eigenvalue weighted by Gasteiger charge is -2.19. The van der Waals surface area contributed by atoms with Gasteiger partial charge in [0.25, 0.3) is 0 Å². The average molecular weight is 375 g/mol. The zero-order valence-corrected chi connectivity index (χ0v) is 15.4. The molecule has 3 aromatic heterocycles. The first-order valence-electron chi connectivity index (χ1n) is 9.44. The molecule has 1 fully saturated rings. The smallest absolute Gasteiger partial charge is 0.157 e. The van der Waals surface area contributed by atoms with Crippen molar-refractivity contribution in [1.29, 1.82) is 0 Å². The Bertz CT molecular complexity index is 1160. The fourth-order valence-corrected chi connectivity index (χ4v) is 3.93. The van der Waals surface area contributed by atoms with E-state index in [-0.39, 0.29) is 12.0 Å². The van der Waals surface area contributed by atoms with Crippen LogP contribution in [0.25, 0.3) is 27.9 Å². The molecule has 3 N–H and O–H groups in total. The number of para-hydroxylation sites is 1. The Balaban J connectivity index is 1.52. The number of nitrogens with zero attached hydrogens (tertiary/aromatic N) is 4. The predicted octanol–water partition coefficient (Wildman–Crippen LogP) is 2.49. The largest absolute Gasteiger partial charge is 0.390 e. The molecule has 0 amide bonds. The van der Waals surface area contributed by atoms with Gasteiger partial charge >= 0.3 is 0 Å². The fourth-order valence-electron chi connectivity index (χ4n) is 3.93. The number of anilines is 1. The maximum Gasteiger partial charge on any atom is 0.157 e. The van der Waals surface area contributed by atoms with Gasteiger partial charge in [-0.25, -0.2) is 9.97 Å². The fraction of sp³-hybridized carbons (Fsp3) is 0.286. The second kappa shape index (κ2) is 6.54. The van der Waals surface area contributed by atoms with E-state index in [0.717, 1.165) is 28.1 Å². The van der Waals surface area contributed by atoms with Gasteiger partial charge in [-0.3, -0.25) is 0 Å². The minimum absolute atomic E-state index is 0.0415. The zero-order chi connectivity index (χ0) is 19.3. The number of aliphatic hydroxyl groups excluding tert-OH is 2. The number of hydrogen-bond donors (Lipinski definition) is 3. The third-order valence-corrected chi connectivity index (χ3v) is 5.52. The summed E-state index contributed by atoms with van der Waals surface area (Å²) in [4.78, 5) is 9.10. The quantitative estimate of drug-likeness (QED) is 0.509. The van der Waals surface area contributed by atoms with Crippen molar-refractivity contribution in [1.82, 2.24) is 19.6 Å². The van der Waals surface area contributed by atoms with Crippen LogP contribution >= 0.6 is 0 Å². The second-order valence-corrected chi connectivity index (χ2v) is 7.46. The van der Waals surface area contributed by atoms with E-state index >= 15 is 0 Å². The molecule has 7 heteroatoms. The number of fused-ring (bicyclic) bond motifs is 2. The van der Waals surface area contributed by atoms with Gasteiger partial charge in [-0.2, -0.15) is 9.61 Å². The highest BCUT2D eigenvalue weighted by Crippen LogP contribution is 2.29. The molecule has 0 aliphatic heterocycles. The molecule has 3 heterocycles. The molecule has 5 rings (SSSR count). The van der Waals surface area contributed by atoms with Crippen molar-refractivity contribution >= 4 is 22.4 Å². The minimum Gasteiger partial charge on any atom is -0.390 e. The molecule has 0 radical (unpaired) electrons. The first-order valence-corrected chi connectivity index (χ1v) is 9.44. The summed E-state index contributed by atoms with van der Waals surface area (Å²) in [5.41, 5.74) is 3.12. The lowest BCUT2D eigenvalue weighted by molar-refractivity contribution is 0.0210. The first kappa shape index (κ1) is 17.1. The minimum atomic E-state index is -0.810. The van der Waals surface area contributed by atoms with Crippen LogP contribution in [-0.2, 0) is 0 Å². The van der Waals surface area contributed by atoms with Gasteiger partial charge in [0, 0.05) is 17.6 Å². The van der Waals surface area contributed by atoms with E-state index < -0.39 is 12.2 Å². The number of aromatic nitrogens is 4. The standard InChI is InChI=1S/C21H21N5O2/c1-12-10-17(21(28)20(12)27)24-18-8-9-22-19-11-16(25-26(18)19)15-7-6-13-4-2-3-5-14(13)23-15/h2-9,11-12,17,20-21,24,27-28H,10H2,1H3/t12-,17-,20-,21+/m1/s1. The van der Waals surface area contributed by atoms with Gasteiger partial charge in [0.1, 0.15) is 17.6 Å². The van der Waals surface area contributed by atoms with E-state index in [1.165, 1.54) is 0 Å². The Labute approximate surface area is 161 Å². The highest BCUT2D eigenvalue weighted by atomic mass is 16.3. The first-order chi connectivity index (χ1) is 13.6. The van der Waals surface area contributed by atoms with E-state index in [9.17, 15) is 10.2 Å². The van der Waals surface area contributed by atoms with Gasteiger partial charge in [0.05, 0.1) is 23.4 Å². The highest BCUT2D eigenvalue weighted by molar-refractivity contribution is 5.81. The third-order valence-electron chi connectivity index (χ3n) is 5.52. The molecule has 0 bridgehead atoms. The van der Waals surface area contributed by atoms with Crippen LogP contribution in [0.5, 0.6) is 0 Å². The SMILES string of the molecule is C[C@@H]1C[C@@H](Nc2ccnc3cc(-c4ccc5ccccc5n4)nn23)[C@H](O)[C@@H]1O. The number of rotatable bonds is 3. The van der Waals surface area contributed by atoms with Gasteiger partial charge < -0.3 is 15.5 Å². The molecule has 1 aromatic carbocycles. The van der Waals surface area contributed by atoms with Crippen LogP contribution in [0.1, 0.15) is 13.3 Å². The van der Waals surface area contributed by atoms with E-state index in [1.807, 2.05) is 55.5 Å². The number of nitrogens with one attached hydrogen (secondary N) is 1. The topological polar surface area (TPSA) is 95.6 Å². The van der Waals surface area contributed by atoms with Crippen LogP contribution < -0.4 is 5.32 Å². The number of aliphatic hydroxyl groups is 2. The molecule has 1 aliphatic rings. The summed E-state index contributed by atoms with van der Waals surface area (Å²) in [6.07, 6.45) is 0.866. The predicted molar refractivity (Wildman–Crippen MR) is 107 cm³/mol. The van der Waals surface area contributed by atoms with Crippen molar-refractivity contribution < 1.29 is 10.2 Å². The normalized spacial score (nSPS) is 24.8. The number of benzene rings is 1. The highest BCUT2D eigenvalue weighted by Gasteiger charge is 2.39. The molecule has 1 saturated carbocycles. The molecular formula is C21H21N5O2. The van der Waals surface area contributed by atoms with Crippen LogP contribution in [0.2, 0.25) is 0 Å². The molecule has 7 nitrogen and oxygen atoms in total. The molecule has 0 spiro atoms. The average Bonchev–Trinajstić information content (AvgIpc) is 3.26. The Morgan fingerprint density at radius 1 is 1.04 bits per heavy atom. The summed E-state index contributed by atoms with van der Waals surface area (Å²) >= 11 is 0. The summed E-state index contributed by atoms with van der Waals surface area (Å²) in [6.45, 7) is 1.94. The van der Waals surface area contributed by atoms with Crippen LogP contribution in [-0.4, -0.2) is 48.0 Å². The molecule has 1 aliphatic carbocycles. The van der Waals surface area contributed by atoms with Crippen LogP contribution in [0.4, 0.5) is 5.82 Å². The van der Waals surface area contributed by atoms with Crippen molar-refractivity contribution in [2.75, 3.05) is 5.32 Å². The van der Waals surface area contributed by atoms with E-state index in [4.69, 9.17) is 4.98 Å². The van der Waals surface area contributed by atoms with Gasteiger partial charge in [0.15, 0.2) is 5.65 Å². The Morgan fingerprint density at radius 3 is 2.71 bits per heavy atom. The maximum absolute atomic E-state index is 10.3. The van der Waals surface area contributed by atoms with Crippen molar-refractivity contribution in [2.45, 2.75) is 31.6 Å². The Hall–Kier alpha value is -3.03. The van der Waals surface area contributed by atoms with Crippen LogP contribution in [0.3, 0.4) is 0 Å². The molecule has 28 heavy (non-hydrogen) atoms. The second-order valence-electron chi connectivity index (χ2n) is 7.46. The number of hydrogen-bond acceptors (Lipinski definition) is 6. The van der Waals surface area contributed by atoms with Gasteiger partial charge in [-0.15, -0.1) is 0 Å². The summed E-state index contributed by atoms with van der Waals surface area (Å²) in [5.74, 6) is 0.766. The maximum atomic E-state index is 10.3. The lowest BCUT2D eigenvalue weighted by atomic mass is 10.1. The zero-order valence-electron chi connectivity index (χ0n) is 15.4. The summed E-state index contributed by atoms with van der Waals surface area (Å²) in [5, 5.41) is 29.4. The summed E-state index contributed by atoms with van der Waals surface area (Å²) in [7, 11) is 0. The lowest BCUT2D eigenvalue weighted by Crippen LogP contribution is -2.35. The van der Waals surface area contributed by atoms with Crippen molar-refractivity contribution in [3.63, 3.8) is 0 Å². The van der Waals surface area contributed by atoms with E-state index in [2.05, 4.69) is 15.4 Å². The Morgan fingerprint density at radius 2 is 1.89 bits per heavy atom. The molecule has 4 atom stereocenters.